The summed E-state index contributed by atoms with van der Waals surface area (Å²) in [6.45, 7) is 8.55. The van der Waals surface area contributed by atoms with E-state index in [0.29, 0.717) is 12.6 Å². The van der Waals surface area contributed by atoms with Gasteiger partial charge in [-0.25, -0.2) is 4.79 Å². The summed E-state index contributed by atoms with van der Waals surface area (Å²) in [5.41, 5.74) is 1.34. The first-order valence-corrected chi connectivity index (χ1v) is 9.52. The van der Waals surface area contributed by atoms with Crippen molar-refractivity contribution in [2.75, 3.05) is 19.6 Å². The van der Waals surface area contributed by atoms with Gasteiger partial charge in [-0.2, -0.15) is 0 Å². The fourth-order valence-electron chi connectivity index (χ4n) is 3.28. The molecule has 5 nitrogen and oxygen atoms in total. The van der Waals surface area contributed by atoms with Gasteiger partial charge in [0, 0.05) is 31.7 Å². The molecule has 1 heterocycles. The van der Waals surface area contributed by atoms with E-state index >= 15 is 0 Å². The van der Waals surface area contributed by atoms with Gasteiger partial charge in [-0.3, -0.25) is 4.90 Å². The van der Waals surface area contributed by atoms with Gasteiger partial charge in [-0.05, 0) is 31.2 Å². The van der Waals surface area contributed by atoms with Crippen molar-refractivity contribution in [3.05, 3.63) is 35.9 Å². The molecule has 25 heavy (non-hydrogen) atoms. The van der Waals surface area contributed by atoms with Crippen molar-refractivity contribution < 1.29 is 9.90 Å². The van der Waals surface area contributed by atoms with Crippen LogP contribution in [0.25, 0.3) is 0 Å². The molecule has 5 heteroatoms. The number of hydrogen-bond donors (Lipinski definition) is 3. The number of carbonyl (C=O) groups excluding carboxylic acids is 1. The Balaban J connectivity index is 1.70. The number of likely N-dealkylation sites (tertiary alicyclic amines) is 1. The van der Waals surface area contributed by atoms with Crippen LogP contribution in [0.15, 0.2) is 30.3 Å². The summed E-state index contributed by atoms with van der Waals surface area (Å²) in [6.07, 6.45) is 2.34. The number of rotatable bonds is 7. The maximum Gasteiger partial charge on any atom is 0.315 e. The number of urea groups is 1. The first-order valence-electron chi connectivity index (χ1n) is 9.52. The van der Waals surface area contributed by atoms with Crippen LogP contribution in [0.5, 0.6) is 0 Å². The first kappa shape index (κ1) is 19.7. The SMILES string of the molecule is CCC(C)C(O)CNC(=O)NC1CCN(C(C)c2ccccc2)CC1. The fourth-order valence-corrected chi connectivity index (χ4v) is 3.28. The number of benzene rings is 1. The number of amides is 2. The molecule has 1 aliphatic rings. The smallest absolute Gasteiger partial charge is 0.315 e. The highest BCUT2D eigenvalue weighted by atomic mass is 16.3. The average Bonchev–Trinajstić information content (AvgIpc) is 2.66. The summed E-state index contributed by atoms with van der Waals surface area (Å²) in [7, 11) is 0. The van der Waals surface area contributed by atoms with Gasteiger partial charge >= 0.3 is 6.03 Å². The number of aliphatic hydroxyl groups is 1. The molecule has 1 saturated heterocycles. The monoisotopic (exact) mass is 347 g/mol. The van der Waals surface area contributed by atoms with E-state index in [2.05, 4.69) is 46.7 Å². The van der Waals surface area contributed by atoms with Gasteiger partial charge < -0.3 is 15.7 Å². The van der Waals surface area contributed by atoms with Crippen LogP contribution in [0.3, 0.4) is 0 Å². The highest BCUT2D eigenvalue weighted by Crippen LogP contribution is 2.23. The van der Waals surface area contributed by atoms with Crippen molar-refractivity contribution in [2.24, 2.45) is 5.92 Å². The van der Waals surface area contributed by atoms with Crippen molar-refractivity contribution in [1.82, 2.24) is 15.5 Å². The fraction of sp³-hybridized carbons (Fsp3) is 0.650. The summed E-state index contributed by atoms with van der Waals surface area (Å²) in [5.74, 6) is 0.197. The summed E-state index contributed by atoms with van der Waals surface area (Å²) >= 11 is 0. The Labute approximate surface area is 151 Å². The first-order chi connectivity index (χ1) is 12.0. The summed E-state index contributed by atoms with van der Waals surface area (Å²) < 4.78 is 0. The standard InChI is InChI=1S/C20H33N3O2/c1-4-15(2)19(24)14-21-20(25)22-18-10-12-23(13-11-18)16(3)17-8-6-5-7-9-17/h5-9,15-16,18-19,24H,4,10-14H2,1-3H3,(H2,21,22,25). The topological polar surface area (TPSA) is 64.6 Å². The normalized spacial score (nSPS) is 19.8. The minimum atomic E-state index is -0.482. The Bertz CT molecular complexity index is 515. The minimum Gasteiger partial charge on any atom is -0.391 e. The Morgan fingerprint density at radius 3 is 2.48 bits per heavy atom. The largest absolute Gasteiger partial charge is 0.391 e. The molecule has 140 valence electrons. The number of nitrogens with zero attached hydrogens (tertiary/aromatic N) is 1. The Morgan fingerprint density at radius 1 is 1.24 bits per heavy atom. The molecular weight excluding hydrogens is 314 g/mol. The molecule has 0 spiro atoms. The van der Waals surface area contributed by atoms with E-state index in [-0.39, 0.29) is 18.0 Å². The van der Waals surface area contributed by atoms with Crippen LogP contribution in [0.4, 0.5) is 4.79 Å². The van der Waals surface area contributed by atoms with Gasteiger partial charge in [-0.1, -0.05) is 50.6 Å². The zero-order chi connectivity index (χ0) is 18.2. The Kier molecular flexibility index (Phi) is 7.72. The molecule has 0 saturated carbocycles. The van der Waals surface area contributed by atoms with E-state index in [9.17, 15) is 9.90 Å². The van der Waals surface area contributed by atoms with E-state index in [0.717, 1.165) is 32.4 Å². The highest BCUT2D eigenvalue weighted by Gasteiger charge is 2.24. The van der Waals surface area contributed by atoms with Gasteiger partial charge in [0.1, 0.15) is 0 Å². The lowest BCUT2D eigenvalue weighted by molar-refractivity contribution is 0.113. The molecule has 2 amide bonds. The van der Waals surface area contributed by atoms with Gasteiger partial charge in [0.05, 0.1) is 6.10 Å². The van der Waals surface area contributed by atoms with Crippen molar-refractivity contribution in [3.8, 4) is 0 Å². The van der Waals surface area contributed by atoms with Crippen LogP contribution in [0, 0.1) is 5.92 Å². The predicted octanol–water partition coefficient (Wildman–Crippen LogP) is 2.92. The summed E-state index contributed by atoms with van der Waals surface area (Å²) in [5, 5.41) is 15.8. The average molecular weight is 348 g/mol. The third-order valence-corrected chi connectivity index (χ3v) is 5.47. The second-order valence-electron chi connectivity index (χ2n) is 7.20. The zero-order valence-electron chi connectivity index (χ0n) is 15.7. The van der Waals surface area contributed by atoms with E-state index in [4.69, 9.17) is 0 Å². The van der Waals surface area contributed by atoms with Crippen molar-refractivity contribution in [3.63, 3.8) is 0 Å². The molecule has 1 aliphatic heterocycles. The highest BCUT2D eigenvalue weighted by molar-refractivity contribution is 5.74. The predicted molar refractivity (Wildman–Crippen MR) is 101 cm³/mol. The van der Waals surface area contributed by atoms with Crippen LogP contribution in [-0.2, 0) is 0 Å². The van der Waals surface area contributed by atoms with Crippen molar-refractivity contribution >= 4 is 6.03 Å². The lowest BCUT2D eigenvalue weighted by Gasteiger charge is -2.36. The van der Waals surface area contributed by atoms with Crippen LogP contribution in [0.1, 0.15) is 51.6 Å². The van der Waals surface area contributed by atoms with Crippen molar-refractivity contribution in [2.45, 2.75) is 58.2 Å². The van der Waals surface area contributed by atoms with Gasteiger partial charge in [-0.15, -0.1) is 0 Å². The number of nitrogens with one attached hydrogen (secondary N) is 2. The molecule has 0 aliphatic carbocycles. The molecule has 1 fully saturated rings. The molecule has 3 atom stereocenters. The molecule has 1 aromatic carbocycles. The molecule has 0 aromatic heterocycles. The number of hydrogen-bond acceptors (Lipinski definition) is 3. The second kappa shape index (κ2) is 9.78. The van der Waals surface area contributed by atoms with E-state index in [1.54, 1.807) is 0 Å². The van der Waals surface area contributed by atoms with E-state index in [1.165, 1.54) is 5.56 Å². The van der Waals surface area contributed by atoms with Crippen LogP contribution in [0.2, 0.25) is 0 Å². The molecule has 0 radical (unpaired) electrons. The van der Waals surface area contributed by atoms with Crippen LogP contribution >= 0.6 is 0 Å². The molecular formula is C20H33N3O2. The number of carbonyl (C=O) groups is 1. The molecule has 1 aromatic rings. The van der Waals surface area contributed by atoms with Crippen LogP contribution < -0.4 is 10.6 Å². The summed E-state index contributed by atoms with van der Waals surface area (Å²) in [6, 6.07) is 11.0. The van der Waals surface area contributed by atoms with E-state index < -0.39 is 6.10 Å². The Morgan fingerprint density at radius 2 is 1.88 bits per heavy atom. The summed E-state index contributed by atoms with van der Waals surface area (Å²) in [4.78, 5) is 14.5. The number of aliphatic hydroxyl groups excluding tert-OH is 1. The van der Waals surface area contributed by atoms with Gasteiger partial charge in [0.25, 0.3) is 0 Å². The molecule has 0 bridgehead atoms. The molecule has 3 N–H and O–H groups in total. The third kappa shape index (κ3) is 6.01. The number of piperidine rings is 1. The van der Waals surface area contributed by atoms with Crippen LogP contribution in [-0.4, -0.2) is 47.8 Å². The minimum absolute atomic E-state index is 0.170. The lowest BCUT2D eigenvalue weighted by atomic mass is 10.0. The van der Waals surface area contributed by atoms with E-state index in [1.807, 2.05) is 19.9 Å². The molecule has 3 unspecified atom stereocenters. The third-order valence-electron chi connectivity index (χ3n) is 5.47. The zero-order valence-corrected chi connectivity index (χ0v) is 15.7. The Hall–Kier alpha value is -1.59. The quantitative estimate of drug-likeness (QED) is 0.710. The molecule has 2 rings (SSSR count). The second-order valence-corrected chi connectivity index (χ2v) is 7.20. The maximum atomic E-state index is 12.0. The van der Waals surface area contributed by atoms with Gasteiger partial charge in [0.15, 0.2) is 0 Å². The maximum absolute atomic E-state index is 12.0. The lowest BCUT2D eigenvalue weighted by Crippen LogP contribution is -2.49. The van der Waals surface area contributed by atoms with Crippen molar-refractivity contribution in [1.29, 1.82) is 0 Å². The van der Waals surface area contributed by atoms with Gasteiger partial charge in [0.2, 0.25) is 0 Å².